The van der Waals surface area contributed by atoms with Gasteiger partial charge in [-0.1, -0.05) is 0 Å². The molecule has 1 amide bonds. The Morgan fingerprint density at radius 1 is 1.47 bits per heavy atom. The topological polar surface area (TPSA) is 66.5 Å². The molecule has 0 saturated heterocycles. The molecule has 3 rings (SSSR count). The van der Waals surface area contributed by atoms with Gasteiger partial charge in [-0.25, -0.2) is 4.72 Å². The van der Waals surface area contributed by atoms with Gasteiger partial charge in [0.2, 0.25) is 5.91 Å². The number of fused-ring (bicyclic) bond motifs is 1. The summed E-state index contributed by atoms with van der Waals surface area (Å²) in [4.78, 5) is 12.9. The first kappa shape index (κ1) is 13.1. The highest BCUT2D eigenvalue weighted by Gasteiger charge is 2.31. The molecule has 1 N–H and O–H groups in total. The Kier molecular flexibility index (Phi) is 3.36. The zero-order chi connectivity index (χ0) is 13.5. The van der Waals surface area contributed by atoms with Gasteiger partial charge in [0, 0.05) is 24.4 Å². The number of amides is 1. The Balaban J connectivity index is 1.65. The Bertz CT molecular complexity index is 590. The van der Waals surface area contributed by atoms with Crippen LogP contribution >= 0.6 is 11.3 Å². The highest BCUT2D eigenvalue weighted by Crippen LogP contribution is 2.32. The van der Waals surface area contributed by atoms with Crippen molar-refractivity contribution in [3.05, 3.63) is 21.9 Å². The summed E-state index contributed by atoms with van der Waals surface area (Å²) in [5, 5.41) is 1.98. The number of carbonyl (C=O) groups excluding carboxylic acids is 1. The molecule has 2 aliphatic rings. The fraction of sp³-hybridized carbons (Fsp3) is 0.583. The first-order chi connectivity index (χ1) is 9.04. The minimum atomic E-state index is -3.68. The fourth-order valence-corrected chi connectivity index (χ4v) is 4.29. The monoisotopic (exact) mass is 300 g/mol. The second kappa shape index (κ2) is 4.88. The molecule has 1 saturated carbocycles. The number of rotatable bonds is 4. The average Bonchev–Trinajstić information content (AvgIpc) is 3.03. The molecule has 104 valence electrons. The smallest absolute Gasteiger partial charge is 0.274 e. The van der Waals surface area contributed by atoms with E-state index in [1.165, 1.54) is 9.18 Å². The van der Waals surface area contributed by atoms with Crippen LogP contribution in [0.4, 0.5) is 0 Å². The van der Waals surface area contributed by atoms with Gasteiger partial charge >= 0.3 is 10.2 Å². The molecule has 0 unspecified atom stereocenters. The molecule has 1 aromatic heterocycles. The number of hydrogen-bond acceptors (Lipinski definition) is 4. The van der Waals surface area contributed by atoms with Gasteiger partial charge in [-0.15, -0.1) is 11.3 Å². The van der Waals surface area contributed by atoms with Gasteiger partial charge < -0.3 is 0 Å². The molecule has 19 heavy (non-hydrogen) atoms. The van der Waals surface area contributed by atoms with Gasteiger partial charge in [0.05, 0.1) is 0 Å². The predicted molar refractivity (Wildman–Crippen MR) is 72.8 cm³/mol. The molecule has 1 aliphatic carbocycles. The van der Waals surface area contributed by atoms with Crippen molar-refractivity contribution in [2.75, 3.05) is 6.54 Å². The minimum absolute atomic E-state index is 0.330. The molecule has 0 atom stereocenters. The van der Waals surface area contributed by atoms with E-state index in [1.807, 2.05) is 11.4 Å². The van der Waals surface area contributed by atoms with E-state index in [0.717, 1.165) is 24.8 Å². The number of carbonyl (C=O) groups is 1. The van der Waals surface area contributed by atoms with Crippen LogP contribution < -0.4 is 4.72 Å². The molecule has 0 spiro atoms. The lowest BCUT2D eigenvalue weighted by Crippen LogP contribution is -2.45. The summed E-state index contributed by atoms with van der Waals surface area (Å²) in [5.74, 6) is 0.0126. The Labute approximate surface area is 116 Å². The highest BCUT2D eigenvalue weighted by molar-refractivity contribution is 7.87. The summed E-state index contributed by atoms with van der Waals surface area (Å²) in [6.07, 6.45) is 3.13. The Morgan fingerprint density at radius 2 is 2.26 bits per heavy atom. The third-order valence-electron chi connectivity index (χ3n) is 3.53. The molecule has 1 fully saturated rings. The first-order valence-corrected chi connectivity index (χ1v) is 8.72. The zero-order valence-electron chi connectivity index (χ0n) is 10.5. The van der Waals surface area contributed by atoms with Crippen LogP contribution in [0.5, 0.6) is 0 Å². The van der Waals surface area contributed by atoms with Crippen molar-refractivity contribution < 1.29 is 13.2 Å². The van der Waals surface area contributed by atoms with Crippen LogP contribution in [0, 0.1) is 5.92 Å². The van der Waals surface area contributed by atoms with Gasteiger partial charge in [-0.2, -0.15) is 12.7 Å². The van der Waals surface area contributed by atoms with E-state index in [1.54, 1.807) is 11.3 Å². The molecule has 1 aromatic rings. The van der Waals surface area contributed by atoms with Crippen molar-refractivity contribution in [2.24, 2.45) is 5.92 Å². The first-order valence-electron chi connectivity index (χ1n) is 6.40. The van der Waals surface area contributed by atoms with Gasteiger partial charge in [0.25, 0.3) is 0 Å². The van der Waals surface area contributed by atoms with Crippen LogP contribution in [0.2, 0.25) is 0 Å². The molecule has 0 radical (unpaired) electrons. The molecule has 0 aromatic carbocycles. The number of thiophene rings is 1. The van der Waals surface area contributed by atoms with Gasteiger partial charge in [0.15, 0.2) is 0 Å². The van der Waals surface area contributed by atoms with Crippen molar-refractivity contribution in [1.29, 1.82) is 0 Å². The van der Waals surface area contributed by atoms with Crippen LogP contribution in [0.3, 0.4) is 0 Å². The summed E-state index contributed by atoms with van der Waals surface area (Å²) >= 11 is 1.66. The molecular formula is C12H16N2O3S2. The van der Waals surface area contributed by atoms with Crippen molar-refractivity contribution >= 4 is 27.5 Å². The molecule has 0 bridgehead atoms. The average molecular weight is 300 g/mol. The minimum Gasteiger partial charge on any atom is -0.274 e. The van der Waals surface area contributed by atoms with E-state index in [9.17, 15) is 13.2 Å². The largest absolute Gasteiger partial charge is 0.304 e. The summed E-state index contributed by atoms with van der Waals surface area (Å²) < 4.78 is 27.8. The van der Waals surface area contributed by atoms with Crippen LogP contribution in [0.1, 0.15) is 29.7 Å². The lowest BCUT2D eigenvalue weighted by molar-refractivity contribution is -0.119. The Hall–Kier alpha value is -0.920. The highest BCUT2D eigenvalue weighted by atomic mass is 32.2. The predicted octanol–water partition coefficient (Wildman–Crippen LogP) is 1.27. The van der Waals surface area contributed by atoms with Gasteiger partial charge in [-0.05, 0) is 42.2 Å². The second-order valence-electron chi connectivity index (χ2n) is 5.13. The third-order valence-corrected chi connectivity index (χ3v) is 6.03. The second-order valence-corrected chi connectivity index (χ2v) is 7.80. The van der Waals surface area contributed by atoms with Crippen molar-refractivity contribution in [3.63, 3.8) is 0 Å². The summed E-state index contributed by atoms with van der Waals surface area (Å²) in [7, 11) is -3.68. The van der Waals surface area contributed by atoms with E-state index in [-0.39, 0.29) is 5.91 Å². The van der Waals surface area contributed by atoms with E-state index in [2.05, 4.69) is 4.72 Å². The maximum absolute atomic E-state index is 12.1. The number of nitrogens with zero attached hydrogens (tertiary/aromatic N) is 1. The van der Waals surface area contributed by atoms with Crippen LogP contribution in [-0.2, 0) is 28.0 Å². The summed E-state index contributed by atoms with van der Waals surface area (Å²) in [6, 6.07) is 1.95. The third kappa shape index (κ3) is 2.98. The lowest BCUT2D eigenvalue weighted by atomic mass is 10.1. The van der Waals surface area contributed by atoms with Crippen molar-refractivity contribution in [2.45, 2.75) is 32.2 Å². The van der Waals surface area contributed by atoms with E-state index >= 15 is 0 Å². The number of nitrogens with one attached hydrogen (secondary N) is 1. The lowest BCUT2D eigenvalue weighted by Gasteiger charge is -2.26. The SMILES string of the molecule is O=C(CC1CC1)NS(=O)(=O)N1CCc2sccc2C1. The van der Waals surface area contributed by atoms with Crippen LogP contribution in [0.25, 0.3) is 0 Å². The number of hydrogen-bond donors (Lipinski definition) is 1. The van der Waals surface area contributed by atoms with E-state index in [0.29, 0.717) is 25.4 Å². The van der Waals surface area contributed by atoms with E-state index < -0.39 is 10.2 Å². The maximum Gasteiger partial charge on any atom is 0.304 e. The van der Waals surface area contributed by atoms with Crippen molar-refractivity contribution in [3.8, 4) is 0 Å². The molecule has 1 aliphatic heterocycles. The summed E-state index contributed by atoms with van der Waals surface area (Å²) in [6.45, 7) is 0.810. The molecule has 7 heteroatoms. The molecule has 5 nitrogen and oxygen atoms in total. The molecular weight excluding hydrogens is 284 g/mol. The zero-order valence-corrected chi connectivity index (χ0v) is 12.1. The van der Waals surface area contributed by atoms with E-state index in [4.69, 9.17) is 0 Å². The van der Waals surface area contributed by atoms with Crippen molar-refractivity contribution in [1.82, 2.24) is 9.03 Å². The maximum atomic E-state index is 12.1. The van der Waals surface area contributed by atoms with Crippen LogP contribution in [-0.4, -0.2) is 25.2 Å². The summed E-state index contributed by atoms with van der Waals surface area (Å²) in [5.41, 5.74) is 1.05. The fourth-order valence-electron chi connectivity index (χ4n) is 2.26. The molecule has 2 heterocycles. The van der Waals surface area contributed by atoms with Crippen LogP contribution in [0.15, 0.2) is 11.4 Å². The Morgan fingerprint density at radius 3 is 3.00 bits per heavy atom. The van der Waals surface area contributed by atoms with Gasteiger partial charge in [-0.3, -0.25) is 4.79 Å². The standard InChI is InChI=1S/C12H16N2O3S2/c15-12(7-9-1-2-9)13-19(16,17)14-5-3-11-10(8-14)4-6-18-11/h4,6,9H,1-3,5,7-8H2,(H,13,15). The quantitative estimate of drug-likeness (QED) is 0.910. The normalized spacial score (nSPS) is 20.0. The van der Waals surface area contributed by atoms with Gasteiger partial charge in [0.1, 0.15) is 0 Å².